The molecule has 2 aliphatic rings. The van der Waals surface area contributed by atoms with Gasteiger partial charge >= 0.3 is 0 Å². The first kappa shape index (κ1) is 20.8. The van der Waals surface area contributed by atoms with E-state index in [4.69, 9.17) is 9.15 Å². The second kappa shape index (κ2) is 9.20. The lowest BCUT2D eigenvalue weighted by Gasteiger charge is -2.36. The van der Waals surface area contributed by atoms with Gasteiger partial charge in [-0.3, -0.25) is 14.5 Å². The van der Waals surface area contributed by atoms with Crippen molar-refractivity contribution in [2.45, 2.75) is 19.3 Å². The van der Waals surface area contributed by atoms with Crippen LogP contribution in [0.3, 0.4) is 0 Å². The number of carbonyl (C=O) groups is 2. The molecule has 2 aliphatic heterocycles. The highest BCUT2D eigenvalue weighted by Gasteiger charge is 2.25. The maximum absolute atomic E-state index is 12.7. The third kappa shape index (κ3) is 4.43. The first-order valence-corrected chi connectivity index (χ1v) is 11.5. The zero-order valence-corrected chi connectivity index (χ0v) is 18.3. The fourth-order valence-electron chi connectivity index (χ4n) is 4.62. The maximum atomic E-state index is 12.7. The monoisotopic (exact) mass is 435 g/mol. The van der Waals surface area contributed by atoms with E-state index in [0.717, 1.165) is 61.0 Å². The number of rotatable bonds is 5. The van der Waals surface area contributed by atoms with Crippen LogP contribution in [-0.4, -0.2) is 78.9 Å². The van der Waals surface area contributed by atoms with E-state index in [-0.39, 0.29) is 18.4 Å². The molecule has 2 fully saturated rings. The summed E-state index contributed by atoms with van der Waals surface area (Å²) in [5, 5.41) is 2.02. The number of ether oxygens (including phenoxy) is 1. The summed E-state index contributed by atoms with van der Waals surface area (Å²) in [7, 11) is 0. The lowest BCUT2D eigenvalue weighted by Crippen LogP contribution is -2.52. The van der Waals surface area contributed by atoms with E-state index in [1.54, 1.807) is 0 Å². The molecule has 1 aromatic heterocycles. The van der Waals surface area contributed by atoms with Crippen molar-refractivity contribution < 1.29 is 18.7 Å². The number of piperidine rings is 1. The Morgan fingerprint density at radius 2 is 1.50 bits per heavy atom. The minimum absolute atomic E-state index is 0.00794. The Kier molecular flexibility index (Phi) is 5.99. The molecule has 0 N–H and O–H groups in total. The zero-order valence-electron chi connectivity index (χ0n) is 18.3. The quantitative estimate of drug-likeness (QED) is 0.616. The average molecular weight is 436 g/mol. The summed E-state index contributed by atoms with van der Waals surface area (Å²) >= 11 is 0. The largest absolute Gasteiger partial charge is 0.484 e. The van der Waals surface area contributed by atoms with Gasteiger partial charge in [0.15, 0.2) is 6.61 Å². The highest BCUT2D eigenvalue weighted by molar-refractivity contribution is 6.05. The summed E-state index contributed by atoms with van der Waals surface area (Å²) in [6.07, 6.45) is 3.44. The number of nitrogens with zero attached hydrogens (tertiary/aromatic N) is 3. The second-order valence-corrected chi connectivity index (χ2v) is 8.64. The number of hydrogen-bond donors (Lipinski definition) is 0. The van der Waals surface area contributed by atoms with Gasteiger partial charge in [0, 0.05) is 50.0 Å². The van der Waals surface area contributed by atoms with E-state index in [2.05, 4.69) is 4.90 Å². The first-order valence-electron chi connectivity index (χ1n) is 11.5. The minimum Gasteiger partial charge on any atom is -0.484 e. The summed E-state index contributed by atoms with van der Waals surface area (Å²) in [6, 6.07) is 13.5. The summed E-state index contributed by atoms with van der Waals surface area (Å²) in [5.74, 6) is 0.849. The van der Waals surface area contributed by atoms with Gasteiger partial charge in [-0.05, 0) is 43.5 Å². The second-order valence-electron chi connectivity index (χ2n) is 8.64. The SMILES string of the molecule is O=C(COc1ccc2oc3ccccc3c2c1)N1CCN(CC(=O)N2CCCCC2)CC1. The summed E-state index contributed by atoms with van der Waals surface area (Å²) in [4.78, 5) is 31.1. The molecule has 2 saturated heterocycles. The first-order chi connectivity index (χ1) is 15.7. The van der Waals surface area contributed by atoms with Crippen LogP contribution < -0.4 is 4.74 Å². The fourth-order valence-corrected chi connectivity index (χ4v) is 4.62. The molecule has 0 unspecified atom stereocenters. The Bertz CT molecular complexity index is 1110. The molecule has 2 aromatic carbocycles. The van der Waals surface area contributed by atoms with Gasteiger partial charge in [0.25, 0.3) is 5.91 Å². The predicted molar refractivity (Wildman–Crippen MR) is 123 cm³/mol. The van der Waals surface area contributed by atoms with Crippen molar-refractivity contribution >= 4 is 33.8 Å². The fraction of sp³-hybridized carbons (Fsp3) is 0.440. The van der Waals surface area contributed by atoms with Gasteiger partial charge in [0.2, 0.25) is 5.91 Å². The number of fused-ring (bicyclic) bond motifs is 3. The molecule has 0 aliphatic carbocycles. The molecule has 5 rings (SSSR count). The highest BCUT2D eigenvalue weighted by Crippen LogP contribution is 2.31. The number of benzene rings is 2. The third-order valence-electron chi connectivity index (χ3n) is 6.50. The van der Waals surface area contributed by atoms with Crippen LogP contribution in [0.1, 0.15) is 19.3 Å². The molecule has 3 aromatic rings. The molecule has 7 nitrogen and oxygen atoms in total. The van der Waals surface area contributed by atoms with Gasteiger partial charge < -0.3 is 19.0 Å². The Balaban J connectivity index is 1.12. The van der Waals surface area contributed by atoms with Crippen molar-refractivity contribution in [1.29, 1.82) is 0 Å². The van der Waals surface area contributed by atoms with Crippen LogP contribution in [0.2, 0.25) is 0 Å². The number of piperazine rings is 1. The Hall–Kier alpha value is -3.06. The Labute approximate surface area is 187 Å². The van der Waals surface area contributed by atoms with Crippen LogP contribution in [0.5, 0.6) is 5.75 Å². The van der Waals surface area contributed by atoms with Gasteiger partial charge in [-0.25, -0.2) is 0 Å². The van der Waals surface area contributed by atoms with E-state index >= 15 is 0 Å². The Morgan fingerprint density at radius 3 is 2.31 bits per heavy atom. The lowest BCUT2D eigenvalue weighted by molar-refractivity contribution is -0.136. The summed E-state index contributed by atoms with van der Waals surface area (Å²) in [6.45, 7) is 4.92. The van der Waals surface area contributed by atoms with Crippen LogP contribution in [0, 0.1) is 0 Å². The van der Waals surface area contributed by atoms with Crippen LogP contribution in [-0.2, 0) is 9.59 Å². The molecule has 0 spiro atoms. The zero-order chi connectivity index (χ0) is 21.9. The van der Waals surface area contributed by atoms with E-state index in [9.17, 15) is 9.59 Å². The average Bonchev–Trinajstić information content (AvgIpc) is 3.21. The van der Waals surface area contributed by atoms with Crippen molar-refractivity contribution in [3.05, 3.63) is 42.5 Å². The molecule has 0 radical (unpaired) electrons. The molecule has 0 saturated carbocycles. The van der Waals surface area contributed by atoms with E-state index < -0.39 is 0 Å². The van der Waals surface area contributed by atoms with Crippen molar-refractivity contribution in [3.8, 4) is 5.75 Å². The van der Waals surface area contributed by atoms with E-state index in [1.807, 2.05) is 52.3 Å². The van der Waals surface area contributed by atoms with Crippen molar-refractivity contribution in [2.24, 2.45) is 0 Å². The topological polar surface area (TPSA) is 66.2 Å². The number of carbonyl (C=O) groups excluding carboxylic acids is 2. The van der Waals surface area contributed by atoms with Gasteiger partial charge in [-0.2, -0.15) is 0 Å². The van der Waals surface area contributed by atoms with E-state index in [0.29, 0.717) is 25.4 Å². The molecular weight excluding hydrogens is 406 g/mol. The molecule has 0 bridgehead atoms. The van der Waals surface area contributed by atoms with Crippen LogP contribution >= 0.6 is 0 Å². The van der Waals surface area contributed by atoms with Crippen molar-refractivity contribution in [1.82, 2.24) is 14.7 Å². The standard InChI is InChI=1S/C25H29N3O4/c29-24(27-10-4-1-5-11-27)17-26-12-14-28(15-13-26)25(30)18-31-19-8-9-23-21(16-19)20-6-2-3-7-22(20)32-23/h2-3,6-9,16H,1,4-5,10-15,17-18H2. The molecule has 0 atom stereocenters. The van der Waals surface area contributed by atoms with Gasteiger partial charge in [-0.1, -0.05) is 18.2 Å². The van der Waals surface area contributed by atoms with Crippen molar-refractivity contribution in [2.75, 3.05) is 52.4 Å². The van der Waals surface area contributed by atoms with Gasteiger partial charge in [0.1, 0.15) is 16.9 Å². The summed E-state index contributed by atoms with van der Waals surface area (Å²) < 4.78 is 11.7. The third-order valence-corrected chi connectivity index (χ3v) is 6.50. The number of hydrogen-bond acceptors (Lipinski definition) is 5. The normalized spacial score (nSPS) is 17.8. The lowest BCUT2D eigenvalue weighted by atomic mass is 10.1. The minimum atomic E-state index is -0.0239. The molecule has 7 heteroatoms. The van der Waals surface area contributed by atoms with Crippen LogP contribution in [0.4, 0.5) is 0 Å². The van der Waals surface area contributed by atoms with Gasteiger partial charge in [-0.15, -0.1) is 0 Å². The van der Waals surface area contributed by atoms with Crippen LogP contribution in [0.15, 0.2) is 46.9 Å². The van der Waals surface area contributed by atoms with Crippen LogP contribution in [0.25, 0.3) is 21.9 Å². The van der Waals surface area contributed by atoms with Crippen molar-refractivity contribution in [3.63, 3.8) is 0 Å². The molecule has 32 heavy (non-hydrogen) atoms. The maximum Gasteiger partial charge on any atom is 0.260 e. The molecule has 168 valence electrons. The Morgan fingerprint density at radius 1 is 0.781 bits per heavy atom. The number of likely N-dealkylation sites (tertiary alicyclic amines) is 1. The molecule has 2 amide bonds. The molecule has 3 heterocycles. The van der Waals surface area contributed by atoms with E-state index in [1.165, 1.54) is 6.42 Å². The number of para-hydroxylation sites is 1. The molecular formula is C25H29N3O4. The highest BCUT2D eigenvalue weighted by atomic mass is 16.5. The summed E-state index contributed by atoms with van der Waals surface area (Å²) in [5.41, 5.74) is 1.65. The predicted octanol–water partition coefficient (Wildman–Crippen LogP) is 3.12. The number of amides is 2. The smallest absolute Gasteiger partial charge is 0.260 e. The van der Waals surface area contributed by atoms with Gasteiger partial charge in [0.05, 0.1) is 6.54 Å². The number of furan rings is 1.